The van der Waals surface area contributed by atoms with E-state index in [1.165, 1.54) is 18.1 Å². The van der Waals surface area contributed by atoms with E-state index in [9.17, 15) is 4.79 Å². The highest BCUT2D eigenvalue weighted by atomic mass is 32.2. The first-order chi connectivity index (χ1) is 10.3. The number of para-hydroxylation sites is 1. The summed E-state index contributed by atoms with van der Waals surface area (Å²) in [5.41, 5.74) is 3.02. The van der Waals surface area contributed by atoms with Crippen LogP contribution in [-0.4, -0.2) is 13.1 Å². The smallest absolute Gasteiger partial charge is 0.332 e. The molecular formula is C17H15NO2S. The second-order valence-electron chi connectivity index (χ2n) is 4.65. The molecule has 0 radical (unpaired) electrons. The Morgan fingerprint density at radius 3 is 2.62 bits per heavy atom. The molecule has 1 N–H and O–H groups in total. The van der Waals surface area contributed by atoms with E-state index in [4.69, 9.17) is 4.74 Å². The zero-order valence-corrected chi connectivity index (χ0v) is 12.4. The van der Waals surface area contributed by atoms with Gasteiger partial charge in [0.15, 0.2) is 0 Å². The Bertz CT molecular complexity index is 682. The number of benzene rings is 2. The highest BCUT2D eigenvalue weighted by Crippen LogP contribution is 2.47. The molecule has 0 saturated carbocycles. The molecule has 0 spiro atoms. The number of hydrogen-bond acceptors (Lipinski definition) is 4. The summed E-state index contributed by atoms with van der Waals surface area (Å²) in [6.45, 7) is 0. The van der Waals surface area contributed by atoms with E-state index in [0.717, 1.165) is 16.9 Å². The molecule has 0 fully saturated rings. The Morgan fingerprint density at radius 2 is 1.86 bits per heavy atom. The highest BCUT2D eigenvalue weighted by molar-refractivity contribution is 8.00. The van der Waals surface area contributed by atoms with Gasteiger partial charge in [-0.25, -0.2) is 4.79 Å². The first-order valence-corrected chi connectivity index (χ1v) is 7.53. The summed E-state index contributed by atoms with van der Waals surface area (Å²) in [6.07, 6.45) is 1.53. The maximum atomic E-state index is 11.6. The molecule has 1 aliphatic heterocycles. The molecule has 3 nitrogen and oxygen atoms in total. The summed E-state index contributed by atoms with van der Waals surface area (Å²) < 4.78 is 4.76. The standard InChI is InChI=1S/C17H15NO2S/c1-20-16(19)11-14-17(12-7-3-2-4-8-12)21-15-10-6-5-9-13(15)18-14/h2-11,17-18H,1H3/b14-11+. The lowest BCUT2D eigenvalue weighted by atomic mass is 10.1. The Hall–Kier alpha value is -2.20. The number of carbonyl (C=O) groups excluding carboxylic acids is 1. The minimum absolute atomic E-state index is 0.0557. The fourth-order valence-electron chi connectivity index (χ4n) is 2.26. The van der Waals surface area contributed by atoms with Gasteiger partial charge in [-0.15, -0.1) is 11.8 Å². The van der Waals surface area contributed by atoms with Crippen LogP contribution in [-0.2, 0) is 9.53 Å². The van der Waals surface area contributed by atoms with Crippen LogP contribution in [0.4, 0.5) is 5.69 Å². The normalized spacial score (nSPS) is 18.7. The molecule has 2 aromatic carbocycles. The summed E-state index contributed by atoms with van der Waals surface area (Å²) in [6, 6.07) is 18.2. The molecule has 0 saturated heterocycles. The summed E-state index contributed by atoms with van der Waals surface area (Å²) in [7, 11) is 1.39. The number of thioether (sulfide) groups is 1. The molecule has 4 heteroatoms. The van der Waals surface area contributed by atoms with Crippen molar-refractivity contribution in [2.45, 2.75) is 10.1 Å². The molecule has 1 atom stereocenters. The largest absolute Gasteiger partial charge is 0.466 e. The van der Waals surface area contributed by atoms with Crippen molar-refractivity contribution in [1.82, 2.24) is 0 Å². The van der Waals surface area contributed by atoms with Gasteiger partial charge in [0, 0.05) is 16.7 Å². The number of methoxy groups -OCH3 is 1. The molecule has 3 rings (SSSR count). The molecule has 106 valence electrons. The van der Waals surface area contributed by atoms with Gasteiger partial charge >= 0.3 is 5.97 Å². The third kappa shape index (κ3) is 2.95. The van der Waals surface area contributed by atoms with Crippen molar-refractivity contribution < 1.29 is 9.53 Å². The third-order valence-corrected chi connectivity index (χ3v) is 4.64. The lowest BCUT2D eigenvalue weighted by molar-refractivity contribution is -0.134. The van der Waals surface area contributed by atoms with Crippen molar-refractivity contribution in [3.63, 3.8) is 0 Å². The van der Waals surface area contributed by atoms with Gasteiger partial charge in [0.1, 0.15) is 0 Å². The van der Waals surface area contributed by atoms with Gasteiger partial charge in [-0.2, -0.15) is 0 Å². The Labute approximate surface area is 128 Å². The van der Waals surface area contributed by atoms with E-state index in [1.807, 2.05) is 36.4 Å². The summed E-state index contributed by atoms with van der Waals surface area (Å²) >= 11 is 1.73. The molecule has 2 aromatic rings. The maximum absolute atomic E-state index is 11.6. The van der Waals surface area contributed by atoms with Crippen LogP contribution in [0.1, 0.15) is 10.8 Å². The minimum atomic E-state index is -0.349. The van der Waals surface area contributed by atoms with Gasteiger partial charge in [0.2, 0.25) is 0 Å². The molecule has 21 heavy (non-hydrogen) atoms. The zero-order chi connectivity index (χ0) is 14.7. The molecule has 1 unspecified atom stereocenters. The quantitative estimate of drug-likeness (QED) is 0.671. The predicted molar refractivity (Wildman–Crippen MR) is 85.2 cm³/mol. The average Bonchev–Trinajstić information content (AvgIpc) is 2.55. The minimum Gasteiger partial charge on any atom is -0.466 e. The second kappa shape index (κ2) is 6.06. The molecule has 0 aliphatic carbocycles. The lowest BCUT2D eigenvalue weighted by Gasteiger charge is -2.28. The van der Waals surface area contributed by atoms with Crippen LogP contribution < -0.4 is 5.32 Å². The van der Waals surface area contributed by atoms with Gasteiger partial charge in [-0.3, -0.25) is 0 Å². The third-order valence-electron chi connectivity index (χ3n) is 3.27. The zero-order valence-electron chi connectivity index (χ0n) is 11.6. The van der Waals surface area contributed by atoms with E-state index < -0.39 is 0 Å². The molecule has 0 amide bonds. The Morgan fingerprint density at radius 1 is 1.14 bits per heavy atom. The Balaban J connectivity index is 2.03. The monoisotopic (exact) mass is 297 g/mol. The highest BCUT2D eigenvalue weighted by Gasteiger charge is 2.25. The molecular weight excluding hydrogens is 282 g/mol. The van der Waals surface area contributed by atoms with Crippen molar-refractivity contribution in [1.29, 1.82) is 0 Å². The van der Waals surface area contributed by atoms with Crippen LogP contribution in [0.15, 0.2) is 71.3 Å². The molecule has 1 aliphatic rings. The number of carbonyl (C=O) groups is 1. The van der Waals surface area contributed by atoms with Gasteiger partial charge in [0.05, 0.1) is 18.0 Å². The summed E-state index contributed by atoms with van der Waals surface area (Å²) in [4.78, 5) is 12.8. The molecule has 1 heterocycles. The van der Waals surface area contributed by atoms with Crippen molar-refractivity contribution in [3.05, 3.63) is 71.9 Å². The van der Waals surface area contributed by atoms with Crippen molar-refractivity contribution in [3.8, 4) is 0 Å². The summed E-state index contributed by atoms with van der Waals surface area (Å²) in [5.74, 6) is -0.349. The van der Waals surface area contributed by atoms with E-state index in [-0.39, 0.29) is 11.2 Å². The lowest BCUT2D eigenvalue weighted by Crippen LogP contribution is -2.15. The maximum Gasteiger partial charge on any atom is 0.332 e. The number of rotatable bonds is 2. The van der Waals surface area contributed by atoms with E-state index in [1.54, 1.807) is 11.8 Å². The van der Waals surface area contributed by atoms with E-state index in [2.05, 4.69) is 23.5 Å². The molecule has 0 bridgehead atoms. The first kappa shape index (κ1) is 13.8. The second-order valence-corrected chi connectivity index (χ2v) is 5.80. The topological polar surface area (TPSA) is 38.3 Å². The van der Waals surface area contributed by atoms with Crippen LogP contribution in [0.25, 0.3) is 0 Å². The van der Waals surface area contributed by atoms with Crippen molar-refractivity contribution >= 4 is 23.4 Å². The van der Waals surface area contributed by atoms with Crippen LogP contribution >= 0.6 is 11.8 Å². The van der Waals surface area contributed by atoms with Crippen molar-refractivity contribution in [2.75, 3.05) is 12.4 Å². The Kier molecular flexibility index (Phi) is 3.97. The summed E-state index contributed by atoms with van der Waals surface area (Å²) in [5, 5.41) is 3.41. The number of hydrogen-bond donors (Lipinski definition) is 1. The van der Waals surface area contributed by atoms with Gasteiger partial charge < -0.3 is 10.1 Å². The van der Waals surface area contributed by atoms with Gasteiger partial charge in [-0.05, 0) is 17.7 Å². The van der Waals surface area contributed by atoms with Gasteiger partial charge in [0.25, 0.3) is 0 Å². The number of esters is 1. The SMILES string of the molecule is COC(=O)/C=C1/Nc2ccccc2SC1c1ccccc1. The number of fused-ring (bicyclic) bond motifs is 1. The van der Waals surface area contributed by atoms with Crippen LogP contribution in [0.5, 0.6) is 0 Å². The average molecular weight is 297 g/mol. The predicted octanol–water partition coefficient (Wildman–Crippen LogP) is 4.00. The van der Waals surface area contributed by atoms with Crippen LogP contribution in [0.2, 0.25) is 0 Å². The molecule has 0 aromatic heterocycles. The first-order valence-electron chi connectivity index (χ1n) is 6.65. The van der Waals surface area contributed by atoms with E-state index in [0.29, 0.717) is 0 Å². The number of anilines is 1. The van der Waals surface area contributed by atoms with Gasteiger partial charge in [-0.1, -0.05) is 42.5 Å². The fraction of sp³-hybridized carbons (Fsp3) is 0.118. The number of ether oxygens (including phenoxy) is 1. The van der Waals surface area contributed by atoms with Crippen LogP contribution in [0.3, 0.4) is 0 Å². The van der Waals surface area contributed by atoms with Crippen LogP contribution in [0, 0.1) is 0 Å². The number of nitrogens with one attached hydrogen (secondary N) is 1. The van der Waals surface area contributed by atoms with Crippen molar-refractivity contribution in [2.24, 2.45) is 0 Å². The van der Waals surface area contributed by atoms with E-state index >= 15 is 0 Å². The fourth-order valence-corrected chi connectivity index (χ4v) is 3.46.